The first-order valence-electron chi connectivity index (χ1n) is 6.91. The fourth-order valence-electron chi connectivity index (χ4n) is 4.18. The Bertz CT molecular complexity index is 372. The first-order valence-corrected chi connectivity index (χ1v) is 6.91. The Hall–Kier alpha value is -0.830. The molecule has 0 saturated heterocycles. The Kier molecular flexibility index (Phi) is 3.30. The molecule has 0 heterocycles. The molecule has 0 spiro atoms. The SMILES string of the molecule is C=C(C(=O)O)[C@@H]1CC[C@@]2(C)CCC[C@](C)(O)[C@@H]2C1. The number of carbonyl (C=O) groups is 1. The van der Waals surface area contributed by atoms with Gasteiger partial charge in [-0.2, -0.15) is 0 Å². The molecule has 0 aromatic carbocycles. The van der Waals surface area contributed by atoms with E-state index in [2.05, 4.69) is 13.5 Å². The summed E-state index contributed by atoms with van der Waals surface area (Å²) < 4.78 is 0. The van der Waals surface area contributed by atoms with Crippen LogP contribution in [0, 0.1) is 17.3 Å². The maximum absolute atomic E-state index is 11.0. The highest BCUT2D eigenvalue weighted by molar-refractivity contribution is 5.86. The number of hydrogen-bond donors (Lipinski definition) is 2. The van der Waals surface area contributed by atoms with Gasteiger partial charge in [0.25, 0.3) is 0 Å². The third kappa shape index (κ3) is 2.20. The van der Waals surface area contributed by atoms with Crippen LogP contribution in [-0.2, 0) is 4.79 Å². The predicted octanol–water partition coefficient (Wildman–Crippen LogP) is 2.98. The van der Waals surface area contributed by atoms with Gasteiger partial charge in [0, 0.05) is 5.57 Å². The number of hydrogen-bond acceptors (Lipinski definition) is 2. The molecule has 0 bridgehead atoms. The van der Waals surface area contributed by atoms with E-state index in [9.17, 15) is 9.90 Å². The smallest absolute Gasteiger partial charge is 0.331 e. The Morgan fingerprint density at radius 3 is 2.56 bits per heavy atom. The van der Waals surface area contributed by atoms with Gasteiger partial charge in [0.05, 0.1) is 5.60 Å². The average molecular weight is 252 g/mol. The van der Waals surface area contributed by atoms with Gasteiger partial charge in [0.15, 0.2) is 0 Å². The summed E-state index contributed by atoms with van der Waals surface area (Å²) in [6.07, 6.45) is 5.73. The first-order chi connectivity index (χ1) is 8.26. The van der Waals surface area contributed by atoms with Crippen molar-refractivity contribution in [1.82, 2.24) is 0 Å². The van der Waals surface area contributed by atoms with Crippen LogP contribution in [0.15, 0.2) is 12.2 Å². The minimum atomic E-state index is -0.890. The van der Waals surface area contributed by atoms with Crippen LogP contribution in [0.3, 0.4) is 0 Å². The summed E-state index contributed by atoms with van der Waals surface area (Å²) in [5.74, 6) is -0.655. The molecule has 3 heteroatoms. The monoisotopic (exact) mass is 252 g/mol. The maximum Gasteiger partial charge on any atom is 0.331 e. The topological polar surface area (TPSA) is 57.5 Å². The van der Waals surface area contributed by atoms with E-state index in [-0.39, 0.29) is 17.3 Å². The van der Waals surface area contributed by atoms with Gasteiger partial charge in [-0.1, -0.05) is 19.9 Å². The maximum atomic E-state index is 11.0. The van der Waals surface area contributed by atoms with E-state index in [0.717, 1.165) is 38.5 Å². The van der Waals surface area contributed by atoms with Crippen LogP contribution in [0.4, 0.5) is 0 Å². The molecule has 0 radical (unpaired) electrons. The van der Waals surface area contributed by atoms with Gasteiger partial charge < -0.3 is 10.2 Å². The molecule has 18 heavy (non-hydrogen) atoms. The minimum absolute atomic E-state index is 0.0325. The fraction of sp³-hybridized carbons (Fsp3) is 0.800. The molecule has 0 unspecified atom stereocenters. The second kappa shape index (κ2) is 4.37. The fourth-order valence-corrected chi connectivity index (χ4v) is 4.18. The highest BCUT2D eigenvalue weighted by atomic mass is 16.4. The molecule has 0 aliphatic heterocycles. The van der Waals surface area contributed by atoms with Crippen molar-refractivity contribution in [2.45, 2.75) is 58.0 Å². The van der Waals surface area contributed by atoms with Gasteiger partial charge in [-0.05, 0) is 56.3 Å². The molecule has 2 fully saturated rings. The lowest BCUT2D eigenvalue weighted by Crippen LogP contribution is -2.51. The lowest BCUT2D eigenvalue weighted by atomic mass is 9.53. The number of aliphatic carboxylic acids is 1. The highest BCUT2D eigenvalue weighted by Gasteiger charge is 2.51. The Morgan fingerprint density at radius 1 is 1.28 bits per heavy atom. The number of rotatable bonds is 2. The molecule has 2 rings (SSSR count). The van der Waals surface area contributed by atoms with Crippen molar-refractivity contribution in [2.75, 3.05) is 0 Å². The van der Waals surface area contributed by atoms with Crippen LogP contribution < -0.4 is 0 Å². The normalized spacial score (nSPS) is 44.2. The van der Waals surface area contributed by atoms with Crippen LogP contribution >= 0.6 is 0 Å². The van der Waals surface area contributed by atoms with E-state index in [4.69, 9.17) is 5.11 Å². The first kappa shape index (κ1) is 13.6. The Morgan fingerprint density at radius 2 is 1.94 bits per heavy atom. The third-order valence-electron chi connectivity index (χ3n) is 5.37. The van der Waals surface area contributed by atoms with Gasteiger partial charge in [-0.25, -0.2) is 4.79 Å². The highest BCUT2D eigenvalue weighted by Crippen LogP contribution is 2.56. The number of carboxylic acid groups (broad SMARTS) is 1. The molecule has 2 aliphatic rings. The van der Waals surface area contributed by atoms with Crippen molar-refractivity contribution in [2.24, 2.45) is 17.3 Å². The Balaban J connectivity index is 2.19. The van der Waals surface area contributed by atoms with E-state index in [1.807, 2.05) is 6.92 Å². The number of aliphatic hydroxyl groups is 1. The molecule has 2 aliphatic carbocycles. The molecular formula is C15H24O3. The van der Waals surface area contributed by atoms with Crippen molar-refractivity contribution >= 4 is 5.97 Å². The molecule has 0 amide bonds. The van der Waals surface area contributed by atoms with Crippen LogP contribution in [0.25, 0.3) is 0 Å². The van der Waals surface area contributed by atoms with E-state index >= 15 is 0 Å². The summed E-state index contributed by atoms with van der Waals surface area (Å²) in [4.78, 5) is 11.0. The summed E-state index contributed by atoms with van der Waals surface area (Å²) in [6, 6.07) is 0. The molecular weight excluding hydrogens is 228 g/mol. The lowest BCUT2D eigenvalue weighted by molar-refractivity contribution is -0.137. The molecule has 102 valence electrons. The van der Waals surface area contributed by atoms with Crippen molar-refractivity contribution in [3.05, 3.63) is 12.2 Å². The van der Waals surface area contributed by atoms with Crippen molar-refractivity contribution < 1.29 is 15.0 Å². The van der Waals surface area contributed by atoms with Crippen molar-refractivity contribution in [3.8, 4) is 0 Å². The standard InChI is InChI=1S/C15H24O3/c1-10(13(16)17)11-5-8-14(2)6-4-7-15(3,18)12(14)9-11/h11-12,18H,1,4-9H2,2-3H3,(H,16,17)/t11-,12-,14-,15+/m1/s1. The van der Waals surface area contributed by atoms with Crippen LogP contribution in [0.5, 0.6) is 0 Å². The van der Waals surface area contributed by atoms with Crippen LogP contribution in [0.2, 0.25) is 0 Å². The zero-order valence-corrected chi connectivity index (χ0v) is 11.4. The largest absolute Gasteiger partial charge is 0.478 e. The molecule has 3 nitrogen and oxygen atoms in total. The molecule has 0 aromatic rings. The zero-order chi connectivity index (χ0) is 13.6. The summed E-state index contributed by atoms with van der Waals surface area (Å²) in [5.41, 5.74) is -0.153. The van der Waals surface area contributed by atoms with Gasteiger partial charge in [0.2, 0.25) is 0 Å². The Labute approximate surface area is 109 Å². The summed E-state index contributed by atoms with van der Waals surface area (Å²) in [7, 11) is 0. The van der Waals surface area contributed by atoms with Gasteiger partial charge in [0.1, 0.15) is 0 Å². The minimum Gasteiger partial charge on any atom is -0.478 e. The van der Waals surface area contributed by atoms with Crippen LogP contribution in [0.1, 0.15) is 52.4 Å². The summed E-state index contributed by atoms with van der Waals surface area (Å²) in [6.45, 7) is 7.88. The summed E-state index contributed by atoms with van der Waals surface area (Å²) >= 11 is 0. The lowest BCUT2D eigenvalue weighted by Gasteiger charge is -2.54. The predicted molar refractivity (Wildman–Crippen MR) is 70.2 cm³/mol. The van der Waals surface area contributed by atoms with Gasteiger partial charge in [-0.3, -0.25) is 0 Å². The van der Waals surface area contributed by atoms with Crippen molar-refractivity contribution in [3.63, 3.8) is 0 Å². The molecule has 2 N–H and O–H groups in total. The van der Waals surface area contributed by atoms with Gasteiger partial charge >= 0.3 is 5.97 Å². The van der Waals surface area contributed by atoms with E-state index < -0.39 is 11.6 Å². The van der Waals surface area contributed by atoms with Gasteiger partial charge in [-0.15, -0.1) is 0 Å². The molecule has 4 atom stereocenters. The second-order valence-corrected chi connectivity index (χ2v) is 6.72. The van der Waals surface area contributed by atoms with E-state index in [1.165, 1.54) is 0 Å². The average Bonchev–Trinajstić information content (AvgIpc) is 2.27. The van der Waals surface area contributed by atoms with Crippen LogP contribution in [-0.4, -0.2) is 21.8 Å². The van der Waals surface area contributed by atoms with E-state index in [0.29, 0.717) is 5.57 Å². The van der Waals surface area contributed by atoms with Crippen molar-refractivity contribution in [1.29, 1.82) is 0 Å². The third-order valence-corrected chi connectivity index (χ3v) is 5.37. The zero-order valence-electron chi connectivity index (χ0n) is 11.4. The quantitative estimate of drug-likeness (QED) is 0.743. The molecule has 0 aromatic heterocycles. The second-order valence-electron chi connectivity index (χ2n) is 6.72. The molecule has 2 saturated carbocycles. The number of carboxylic acids is 1. The summed E-state index contributed by atoms with van der Waals surface area (Å²) in [5, 5.41) is 19.7. The van der Waals surface area contributed by atoms with E-state index in [1.54, 1.807) is 0 Å². The number of fused-ring (bicyclic) bond motifs is 1.